The van der Waals surface area contributed by atoms with E-state index < -0.39 is 10.0 Å². The van der Waals surface area contributed by atoms with Gasteiger partial charge < -0.3 is 0 Å². The van der Waals surface area contributed by atoms with Crippen molar-refractivity contribution < 1.29 is 8.42 Å². The van der Waals surface area contributed by atoms with E-state index in [9.17, 15) is 8.42 Å². The van der Waals surface area contributed by atoms with Gasteiger partial charge in [-0.25, -0.2) is 8.42 Å². The fourth-order valence-electron chi connectivity index (χ4n) is 2.43. The fourth-order valence-corrected chi connectivity index (χ4v) is 3.46. The minimum absolute atomic E-state index is 0.236. The van der Waals surface area contributed by atoms with E-state index in [0.717, 1.165) is 11.1 Å². The lowest BCUT2D eigenvalue weighted by Crippen LogP contribution is -2.12. The molecular weight excluding hydrogens is 322 g/mol. The van der Waals surface area contributed by atoms with Gasteiger partial charge in [-0.05, 0) is 31.5 Å². The highest BCUT2D eigenvalue weighted by atomic mass is 32.2. The highest BCUT2D eigenvalue weighted by Gasteiger charge is 2.14. The third kappa shape index (κ3) is 3.83. The minimum atomic E-state index is -3.60. The molecule has 0 aliphatic carbocycles. The Labute approximate surface area is 142 Å². The number of hydrogen-bond acceptors (Lipinski definition) is 3. The molecule has 0 fully saturated rings. The van der Waals surface area contributed by atoms with Crippen LogP contribution in [0.2, 0.25) is 0 Å². The van der Waals surface area contributed by atoms with E-state index in [4.69, 9.17) is 0 Å². The molecule has 124 valence electrons. The molecule has 24 heavy (non-hydrogen) atoms. The van der Waals surface area contributed by atoms with Crippen molar-refractivity contribution in [3.05, 3.63) is 77.6 Å². The Bertz CT molecular complexity index is 944. The molecule has 0 aliphatic rings. The van der Waals surface area contributed by atoms with Gasteiger partial charge in [0.25, 0.3) is 10.0 Å². The van der Waals surface area contributed by atoms with E-state index in [1.165, 1.54) is 11.8 Å². The Hall–Kier alpha value is -2.60. The Morgan fingerprint density at radius 3 is 2.50 bits per heavy atom. The Morgan fingerprint density at radius 2 is 1.79 bits per heavy atom. The van der Waals surface area contributed by atoms with Crippen molar-refractivity contribution in [2.45, 2.75) is 25.3 Å². The number of nitrogens with zero attached hydrogens (tertiary/aromatic N) is 2. The van der Waals surface area contributed by atoms with E-state index in [-0.39, 0.29) is 4.90 Å². The van der Waals surface area contributed by atoms with Crippen LogP contribution >= 0.6 is 0 Å². The monoisotopic (exact) mass is 341 g/mol. The topological polar surface area (TPSA) is 64.0 Å². The van der Waals surface area contributed by atoms with Gasteiger partial charge in [0.15, 0.2) is 0 Å². The number of hydrogen-bond donors (Lipinski definition) is 1. The summed E-state index contributed by atoms with van der Waals surface area (Å²) in [6.07, 6.45) is 3.20. The van der Waals surface area contributed by atoms with Crippen molar-refractivity contribution in [3.63, 3.8) is 0 Å². The van der Waals surface area contributed by atoms with Gasteiger partial charge in [0.2, 0.25) is 0 Å². The second kappa shape index (κ2) is 6.49. The lowest BCUT2D eigenvalue weighted by Gasteiger charge is -2.06. The zero-order valence-electron chi connectivity index (χ0n) is 13.6. The molecule has 0 amide bonds. The summed E-state index contributed by atoms with van der Waals surface area (Å²) in [6.45, 7) is 4.54. The zero-order chi connectivity index (χ0) is 17.2. The van der Waals surface area contributed by atoms with Gasteiger partial charge in [-0.2, -0.15) is 5.10 Å². The van der Waals surface area contributed by atoms with Crippen LogP contribution in [0.15, 0.2) is 65.8 Å². The summed E-state index contributed by atoms with van der Waals surface area (Å²) in [5, 5.41) is 4.22. The first-order chi connectivity index (χ1) is 11.4. The third-order valence-corrected chi connectivity index (χ3v) is 5.04. The van der Waals surface area contributed by atoms with Crippen LogP contribution in [0.4, 0.5) is 5.69 Å². The second-order valence-electron chi connectivity index (χ2n) is 5.83. The fraction of sp³-hybridized carbons (Fsp3) is 0.167. The predicted molar refractivity (Wildman–Crippen MR) is 94.5 cm³/mol. The predicted octanol–water partition coefficient (Wildman–Crippen LogP) is 3.35. The molecule has 0 radical (unpaired) electrons. The lowest BCUT2D eigenvalue weighted by molar-refractivity contribution is 0.601. The molecule has 0 aliphatic heterocycles. The summed E-state index contributed by atoms with van der Waals surface area (Å²) >= 11 is 0. The minimum Gasteiger partial charge on any atom is -0.276 e. The van der Waals surface area contributed by atoms with Crippen LogP contribution in [0.3, 0.4) is 0 Å². The smallest absolute Gasteiger partial charge is 0.261 e. The van der Waals surface area contributed by atoms with Crippen LogP contribution in [0.25, 0.3) is 0 Å². The standard InChI is InChI=1S/C18H19N3O2S/c1-14-6-8-18(9-7-14)24(22,23)20-17-11-19-21(13-17)12-16-5-3-4-15(2)10-16/h3-11,13,20H,12H2,1-2H3. The average Bonchev–Trinajstić information content (AvgIpc) is 2.94. The van der Waals surface area contributed by atoms with Crippen molar-refractivity contribution in [3.8, 4) is 0 Å². The van der Waals surface area contributed by atoms with Crippen molar-refractivity contribution in [1.82, 2.24) is 9.78 Å². The number of rotatable bonds is 5. The molecule has 3 rings (SSSR count). The van der Waals surface area contributed by atoms with Crippen LogP contribution in [0.1, 0.15) is 16.7 Å². The second-order valence-corrected chi connectivity index (χ2v) is 7.52. The van der Waals surface area contributed by atoms with Gasteiger partial charge in [-0.15, -0.1) is 0 Å². The largest absolute Gasteiger partial charge is 0.276 e. The molecule has 1 aromatic heterocycles. The molecule has 6 heteroatoms. The first kappa shape index (κ1) is 16.3. The van der Waals surface area contributed by atoms with Gasteiger partial charge in [0, 0.05) is 6.20 Å². The number of aromatic nitrogens is 2. The Kier molecular flexibility index (Phi) is 4.40. The SMILES string of the molecule is Cc1ccc(S(=O)(=O)Nc2cnn(Cc3cccc(C)c3)c2)cc1. The van der Waals surface area contributed by atoms with E-state index in [1.54, 1.807) is 35.1 Å². The van der Waals surface area contributed by atoms with Crippen LogP contribution in [-0.2, 0) is 16.6 Å². The van der Waals surface area contributed by atoms with Gasteiger partial charge >= 0.3 is 0 Å². The molecule has 0 saturated carbocycles. The summed E-state index contributed by atoms with van der Waals surface area (Å²) in [7, 11) is -3.60. The van der Waals surface area contributed by atoms with Gasteiger partial charge in [0.1, 0.15) is 0 Å². The Balaban J connectivity index is 1.75. The highest BCUT2D eigenvalue weighted by molar-refractivity contribution is 7.92. The average molecular weight is 341 g/mol. The summed E-state index contributed by atoms with van der Waals surface area (Å²) in [5.41, 5.74) is 3.76. The normalized spacial score (nSPS) is 11.4. The van der Waals surface area contributed by atoms with E-state index >= 15 is 0 Å². The Morgan fingerprint density at radius 1 is 1.04 bits per heavy atom. The van der Waals surface area contributed by atoms with Crippen LogP contribution in [0.5, 0.6) is 0 Å². The molecule has 0 spiro atoms. The summed E-state index contributed by atoms with van der Waals surface area (Å²) in [5.74, 6) is 0. The third-order valence-electron chi connectivity index (χ3n) is 3.64. The van der Waals surface area contributed by atoms with E-state index in [0.29, 0.717) is 12.2 Å². The van der Waals surface area contributed by atoms with Crippen LogP contribution < -0.4 is 4.72 Å². The van der Waals surface area contributed by atoms with Crippen LogP contribution in [0, 0.1) is 13.8 Å². The number of nitrogens with one attached hydrogen (secondary N) is 1. The quantitative estimate of drug-likeness (QED) is 0.774. The number of sulfonamides is 1. The van der Waals surface area contributed by atoms with Gasteiger partial charge in [-0.1, -0.05) is 47.5 Å². The van der Waals surface area contributed by atoms with E-state index in [1.807, 2.05) is 32.0 Å². The summed E-state index contributed by atoms with van der Waals surface area (Å²) in [6, 6.07) is 14.9. The van der Waals surface area contributed by atoms with Crippen LogP contribution in [-0.4, -0.2) is 18.2 Å². The molecule has 0 atom stereocenters. The molecule has 0 unspecified atom stereocenters. The van der Waals surface area contributed by atoms with Gasteiger partial charge in [0.05, 0.1) is 23.3 Å². The molecule has 1 N–H and O–H groups in total. The summed E-state index contributed by atoms with van der Waals surface area (Å²) in [4.78, 5) is 0.236. The molecule has 1 heterocycles. The van der Waals surface area contributed by atoms with Crippen molar-refractivity contribution >= 4 is 15.7 Å². The maximum absolute atomic E-state index is 12.4. The van der Waals surface area contributed by atoms with E-state index in [2.05, 4.69) is 15.9 Å². The maximum Gasteiger partial charge on any atom is 0.261 e. The van der Waals surface area contributed by atoms with Crippen molar-refractivity contribution in [2.24, 2.45) is 0 Å². The molecule has 2 aromatic carbocycles. The molecule has 0 saturated heterocycles. The maximum atomic E-state index is 12.4. The summed E-state index contributed by atoms with van der Waals surface area (Å²) < 4.78 is 29.0. The van der Waals surface area contributed by atoms with Crippen molar-refractivity contribution in [1.29, 1.82) is 0 Å². The van der Waals surface area contributed by atoms with Gasteiger partial charge in [-0.3, -0.25) is 9.40 Å². The molecular formula is C18H19N3O2S. The number of aryl methyl sites for hydroxylation is 2. The first-order valence-corrected chi connectivity index (χ1v) is 9.08. The molecule has 0 bridgehead atoms. The first-order valence-electron chi connectivity index (χ1n) is 7.60. The highest BCUT2D eigenvalue weighted by Crippen LogP contribution is 2.16. The number of benzene rings is 2. The van der Waals surface area contributed by atoms with Crippen molar-refractivity contribution in [2.75, 3.05) is 4.72 Å². The molecule has 3 aromatic rings. The lowest BCUT2D eigenvalue weighted by atomic mass is 10.1. The number of anilines is 1. The molecule has 5 nitrogen and oxygen atoms in total. The zero-order valence-corrected chi connectivity index (χ0v) is 14.4.